The average Bonchev–Trinajstić information content (AvgIpc) is 2.85. The zero-order valence-corrected chi connectivity index (χ0v) is 13.0. The molecule has 0 saturated carbocycles. The lowest BCUT2D eigenvalue weighted by Crippen LogP contribution is -2.43. The standard InChI is InChI=1S/C14H19ClN2O2S/c1-10-6-13(15)2-3-14(10)20(18,19)17-5-4-11-7-16-8-12(11)9-17/h2-3,6,11-12,16H,4-5,7-9H2,1H3. The van der Waals surface area contributed by atoms with Gasteiger partial charge in [0.1, 0.15) is 0 Å². The van der Waals surface area contributed by atoms with Crippen LogP contribution >= 0.6 is 11.6 Å². The first-order chi connectivity index (χ1) is 9.48. The summed E-state index contributed by atoms with van der Waals surface area (Å²) in [6.07, 6.45) is 0.948. The molecular weight excluding hydrogens is 296 g/mol. The molecular formula is C14H19ClN2O2S. The van der Waals surface area contributed by atoms with E-state index in [4.69, 9.17) is 11.6 Å². The number of piperidine rings is 1. The van der Waals surface area contributed by atoms with E-state index < -0.39 is 10.0 Å². The number of fused-ring (bicyclic) bond motifs is 1. The van der Waals surface area contributed by atoms with Gasteiger partial charge in [-0.05, 0) is 62.0 Å². The Hall–Kier alpha value is -0.620. The van der Waals surface area contributed by atoms with E-state index in [-0.39, 0.29) is 0 Å². The van der Waals surface area contributed by atoms with Crippen LogP contribution in [0.3, 0.4) is 0 Å². The van der Waals surface area contributed by atoms with Gasteiger partial charge in [-0.3, -0.25) is 0 Å². The van der Waals surface area contributed by atoms with Crippen LogP contribution in [-0.4, -0.2) is 38.9 Å². The van der Waals surface area contributed by atoms with Crippen molar-refractivity contribution in [2.75, 3.05) is 26.2 Å². The summed E-state index contributed by atoms with van der Waals surface area (Å²) in [6.45, 7) is 4.99. The molecule has 2 atom stereocenters. The molecule has 2 heterocycles. The minimum Gasteiger partial charge on any atom is -0.316 e. The molecule has 2 saturated heterocycles. The van der Waals surface area contributed by atoms with Crippen LogP contribution in [0, 0.1) is 18.8 Å². The number of benzene rings is 1. The monoisotopic (exact) mass is 314 g/mol. The van der Waals surface area contributed by atoms with E-state index in [0.29, 0.717) is 40.4 Å². The number of nitrogens with zero attached hydrogens (tertiary/aromatic N) is 1. The molecule has 1 aromatic carbocycles. The van der Waals surface area contributed by atoms with Crippen molar-refractivity contribution in [3.05, 3.63) is 28.8 Å². The van der Waals surface area contributed by atoms with Crippen LogP contribution in [0.2, 0.25) is 5.02 Å². The molecule has 4 nitrogen and oxygen atoms in total. The zero-order chi connectivity index (χ0) is 14.3. The number of halogens is 1. The summed E-state index contributed by atoms with van der Waals surface area (Å²) < 4.78 is 27.2. The van der Waals surface area contributed by atoms with Crippen molar-refractivity contribution in [3.63, 3.8) is 0 Å². The molecule has 0 radical (unpaired) electrons. The Balaban J connectivity index is 1.88. The lowest BCUT2D eigenvalue weighted by Gasteiger charge is -2.33. The molecule has 0 aliphatic carbocycles. The van der Waals surface area contributed by atoms with Crippen LogP contribution in [0.25, 0.3) is 0 Å². The van der Waals surface area contributed by atoms with E-state index in [9.17, 15) is 8.42 Å². The van der Waals surface area contributed by atoms with Crippen LogP contribution in [0.4, 0.5) is 0 Å². The first-order valence-corrected chi connectivity index (χ1v) is 8.77. The number of rotatable bonds is 2. The van der Waals surface area contributed by atoms with Crippen molar-refractivity contribution < 1.29 is 8.42 Å². The summed E-state index contributed by atoms with van der Waals surface area (Å²) >= 11 is 5.91. The predicted molar refractivity (Wildman–Crippen MR) is 79.4 cm³/mol. The number of sulfonamides is 1. The van der Waals surface area contributed by atoms with E-state index >= 15 is 0 Å². The lowest BCUT2D eigenvalue weighted by molar-refractivity contribution is 0.228. The third kappa shape index (κ3) is 2.48. The summed E-state index contributed by atoms with van der Waals surface area (Å²) in [5.74, 6) is 1.08. The van der Waals surface area contributed by atoms with Gasteiger partial charge in [-0.25, -0.2) is 8.42 Å². The summed E-state index contributed by atoms with van der Waals surface area (Å²) in [4.78, 5) is 0.381. The van der Waals surface area contributed by atoms with Crippen molar-refractivity contribution >= 4 is 21.6 Å². The molecule has 2 aliphatic heterocycles. The van der Waals surface area contributed by atoms with Crippen LogP contribution < -0.4 is 5.32 Å². The van der Waals surface area contributed by atoms with Crippen LogP contribution in [0.1, 0.15) is 12.0 Å². The van der Waals surface area contributed by atoms with Crippen LogP contribution in [0.5, 0.6) is 0 Å². The third-order valence-corrected chi connectivity index (χ3v) is 6.68. The molecule has 20 heavy (non-hydrogen) atoms. The van der Waals surface area contributed by atoms with Crippen molar-refractivity contribution in [2.24, 2.45) is 11.8 Å². The second-order valence-corrected chi connectivity index (χ2v) is 8.08. The predicted octanol–water partition coefficient (Wildman–Crippen LogP) is 1.88. The smallest absolute Gasteiger partial charge is 0.243 e. The van der Waals surface area contributed by atoms with Gasteiger partial charge < -0.3 is 5.32 Å². The second-order valence-electron chi connectivity index (χ2n) is 5.74. The van der Waals surface area contributed by atoms with E-state index in [1.807, 2.05) is 0 Å². The van der Waals surface area contributed by atoms with Crippen LogP contribution in [0.15, 0.2) is 23.1 Å². The van der Waals surface area contributed by atoms with Gasteiger partial charge in [0.25, 0.3) is 0 Å². The highest BCUT2D eigenvalue weighted by Crippen LogP contribution is 2.31. The van der Waals surface area contributed by atoms with Gasteiger partial charge >= 0.3 is 0 Å². The number of nitrogens with one attached hydrogen (secondary N) is 1. The zero-order valence-electron chi connectivity index (χ0n) is 11.5. The van der Waals surface area contributed by atoms with Gasteiger partial charge in [-0.15, -0.1) is 0 Å². The van der Waals surface area contributed by atoms with E-state index in [1.165, 1.54) is 0 Å². The molecule has 2 unspecified atom stereocenters. The van der Waals surface area contributed by atoms with Crippen molar-refractivity contribution in [1.29, 1.82) is 0 Å². The Morgan fingerprint density at radius 3 is 2.80 bits per heavy atom. The maximum absolute atomic E-state index is 12.8. The summed E-state index contributed by atoms with van der Waals surface area (Å²) in [5.41, 5.74) is 0.712. The van der Waals surface area contributed by atoms with E-state index in [2.05, 4.69) is 5.32 Å². The summed E-state index contributed by atoms with van der Waals surface area (Å²) in [6, 6.07) is 4.97. The minimum absolute atomic E-state index is 0.381. The largest absolute Gasteiger partial charge is 0.316 e. The van der Waals surface area contributed by atoms with Gasteiger partial charge in [0.2, 0.25) is 10.0 Å². The Kier molecular flexibility index (Phi) is 3.79. The minimum atomic E-state index is -3.40. The summed E-state index contributed by atoms with van der Waals surface area (Å²) in [7, 11) is -3.40. The van der Waals surface area contributed by atoms with Gasteiger partial charge in [-0.1, -0.05) is 11.6 Å². The molecule has 110 valence electrons. The fraction of sp³-hybridized carbons (Fsp3) is 0.571. The normalized spacial score (nSPS) is 27.5. The quantitative estimate of drug-likeness (QED) is 0.907. The first-order valence-electron chi connectivity index (χ1n) is 6.95. The second kappa shape index (κ2) is 5.30. The Morgan fingerprint density at radius 2 is 2.05 bits per heavy atom. The molecule has 1 aromatic rings. The first kappa shape index (κ1) is 14.3. The highest BCUT2D eigenvalue weighted by Gasteiger charge is 2.38. The highest BCUT2D eigenvalue weighted by molar-refractivity contribution is 7.89. The lowest BCUT2D eigenvalue weighted by atomic mass is 9.90. The van der Waals surface area contributed by atoms with Crippen molar-refractivity contribution in [1.82, 2.24) is 9.62 Å². The van der Waals surface area contributed by atoms with Crippen molar-refractivity contribution in [2.45, 2.75) is 18.2 Å². The molecule has 2 fully saturated rings. The molecule has 0 bridgehead atoms. The molecule has 0 spiro atoms. The molecule has 0 aromatic heterocycles. The Morgan fingerprint density at radius 1 is 1.30 bits per heavy atom. The van der Waals surface area contributed by atoms with Gasteiger partial charge in [0.05, 0.1) is 4.90 Å². The molecule has 0 amide bonds. The fourth-order valence-corrected chi connectivity index (χ4v) is 5.21. The number of hydrogen-bond acceptors (Lipinski definition) is 3. The molecule has 1 N–H and O–H groups in total. The van der Waals surface area contributed by atoms with Gasteiger partial charge in [0.15, 0.2) is 0 Å². The molecule has 6 heteroatoms. The van der Waals surface area contributed by atoms with E-state index in [1.54, 1.807) is 29.4 Å². The fourth-order valence-electron chi connectivity index (χ4n) is 3.26. The number of hydrogen-bond donors (Lipinski definition) is 1. The highest BCUT2D eigenvalue weighted by atomic mass is 35.5. The number of aryl methyl sites for hydroxylation is 1. The summed E-state index contributed by atoms with van der Waals surface area (Å²) in [5, 5.41) is 3.93. The Labute approximate surface area is 125 Å². The molecule has 3 rings (SSSR count). The van der Waals surface area contributed by atoms with Gasteiger partial charge in [0, 0.05) is 18.1 Å². The third-order valence-electron chi connectivity index (χ3n) is 4.42. The average molecular weight is 315 g/mol. The Bertz CT molecular complexity index is 618. The van der Waals surface area contributed by atoms with E-state index in [0.717, 1.165) is 19.5 Å². The maximum atomic E-state index is 12.8. The topological polar surface area (TPSA) is 49.4 Å². The van der Waals surface area contributed by atoms with Crippen LogP contribution in [-0.2, 0) is 10.0 Å². The maximum Gasteiger partial charge on any atom is 0.243 e. The van der Waals surface area contributed by atoms with Gasteiger partial charge in [-0.2, -0.15) is 4.31 Å². The van der Waals surface area contributed by atoms with Crippen molar-refractivity contribution in [3.8, 4) is 0 Å². The molecule has 2 aliphatic rings. The SMILES string of the molecule is Cc1cc(Cl)ccc1S(=O)(=O)N1CCC2CNCC2C1.